The Balaban J connectivity index is 1.66. The number of imide groups is 1. The van der Waals surface area contributed by atoms with Gasteiger partial charge >= 0.3 is 0 Å². The minimum absolute atomic E-state index is 0.212. The molecular weight excluding hydrogens is 374 g/mol. The number of hydrogen-bond acceptors (Lipinski definition) is 3. The van der Waals surface area contributed by atoms with E-state index in [9.17, 15) is 14.4 Å². The van der Waals surface area contributed by atoms with Gasteiger partial charge in [0.25, 0.3) is 0 Å². The third kappa shape index (κ3) is 1.85. The molecule has 2 atom stereocenters. The number of benzene rings is 3. The molecule has 2 unspecified atom stereocenters. The lowest BCUT2D eigenvalue weighted by atomic mass is 9.48. The number of rotatable bonds is 2. The number of anilines is 1. The average Bonchev–Trinajstić information content (AvgIpc) is 3.05. The van der Waals surface area contributed by atoms with Gasteiger partial charge in [0.05, 0.1) is 22.9 Å². The van der Waals surface area contributed by atoms with E-state index in [4.69, 9.17) is 0 Å². The Labute approximate surface area is 174 Å². The molecule has 1 saturated heterocycles. The van der Waals surface area contributed by atoms with Crippen LogP contribution in [-0.4, -0.2) is 18.1 Å². The molecule has 3 aromatic rings. The first-order valence-corrected chi connectivity index (χ1v) is 10.2. The average molecular weight is 393 g/mol. The predicted octanol–water partition coefficient (Wildman–Crippen LogP) is 3.74. The monoisotopic (exact) mass is 393 g/mol. The third-order valence-electron chi connectivity index (χ3n) is 7.13. The van der Waals surface area contributed by atoms with Gasteiger partial charge in [0, 0.05) is 5.92 Å². The summed E-state index contributed by atoms with van der Waals surface area (Å²) in [5.74, 6) is -2.02. The molecule has 1 aliphatic heterocycles. The van der Waals surface area contributed by atoms with Gasteiger partial charge in [0.1, 0.15) is 6.29 Å². The molecule has 7 rings (SSSR count). The number of aryl methyl sites for hydroxylation is 1. The van der Waals surface area contributed by atoms with Gasteiger partial charge in [-0.05, 0) is 46.9 Å². The van der Waals surface area contributed by atoms with E-state index in [0.717, 1.165) is 34.1 Å². The minimum Gasteiger partial charge on any atom is -0.302 e. The summed E-state index contributed by atoms with van der Waals surface area (Å²) in [7, 11) is 0. The Bertz CT molecular complexity index is 1210. The zero-order valence-corrected chi connectivity index (χ0v) is 16.4. The molecule has 1 fully saturated rings. The highest BCUT2D eigenvalue weighted by molar-refractivity contribution is 6.24. The Kier molecular flexibility index (Phi) is 3.33. The second-order valence-corrected chi connectivity index (χ2v) is 8.49. The van der Waals surface area contributed by atoms with Gasteiger partial charge < -0.3 is 4.79 Å². The van der Waals surface area contributed by atoms with Crippen LogP contribution in [0.1, 0.15) is 33.7 Å². The number of carbonyl (C=O) groups is 3. The Morgan fingerprint density at radius 1 is 0.833 bits per heavy atom. The molecule has 2 bridgehead atoms. The van der Waals surface area contributed by atoms with Crippen molar-refractivity contribution in [3.8, 4) is 0 Å². The van der Waals surface area contributed by atoms with Gasteiger partial charge in [0.15, 0.2) is 0 Å². The molecule has 2 amide bonds. The quantitative estimate of drug-likeness (QED) is 0.492. The summed E-state index contributed by atoms with van der Waals surface area (Å²) in [6.07, 6.45) is 0.905. The highest BCUT2D eigenvalue weighted by Gasteiger charge is 2.68. The second-order valence-electron chi connectivity index (χ2n) is 8.49. The van der Waals surface area contributed by atoms with Crippen LogP contribution in [0.3, 0.4) is 0 Å². The lowest BCUT2D eigenvalue weighted by Gasteiger charge is -2.51. The van der Waals surface area contributed by atoms with Crippen LogP contribution in [0, 0.1) is 18.8 Å². The second kappa shape index (κ2) is 5.76. The maximum atomic E-state index is 13.8. The highest BCUT2D eigenvalue weighted by Crippen LogP contribution is 2.63. The summed E-state index contributed by atoms with van der Waals surface area (Å²) in [5.41, 5.74) is 4.09. The van der Waals surface area contributed by atoms with Gasteiger partial charge in [-0.1, -0.05) is 60.7 Å². The Morgan fingerprint density at radius 3 is 2.07 bits per heavy atom. The topological polar surface area (TPSA) is 54.5 Å². The van der Waals surface area contributed by atoms with Crippen molar-refractivity contribution in [1.82, 2.24) is 0 Å². The van der Waals surface area contributed by atoms with Gasteiger partial charge in [0.2, 0.25) is 11.8 Å². The van der Waals surface area contributed by atoms with Crippen LogP contribution in [0.5, 0.6) is 0 Å². The van der Waals surface area contributed by atoms with Crippen LogP contribution in [0.25, 0.3) is 0 Å². The fraction of sp³-hybridized carbons (Fsp3) is 0.192. The summed E-state index contributed by atoms with van der Waals surface area (Å²) >= 11 is 0. The zero-order chi connectivity index (χ0) is 20.6. The Morgan fingerprint density at radius 2 is 1.47 bits per heavy atom. The molecule has 146 valence electrons. The summed E-state index contributed by atoms with van der Waals surface area (Å²) in [6, 6.07) is 23.0. The first-order valence-electron chi connectivity index (χ1n) is 10.2. The molecule has 3 aliphatic carbocycles. The maximum absolute atomic E-state index is 13.8. The van der Waals surface area contributed by atoms with E-state index in [0.29, 0.717) is 5.69 Å². The van der Waals surface area contributed by atoms with E-state index in [1.165, 1.54) is 4.90 Å². The van der Waals surface area contributed by atoms with Crippen molar-refractivity contribution in [2.24, 2.45) is 11.8 Å². The molecule has 0 saturated carbocycles. The highest BCUT2D eigenvalue weighted by atomic mass is 16.2. The standard InChI is InChI=1S/C26H19NO3/c1-15-7-6-8-16(13-15)27-24(29)22-21-17-9-2-4-11-19(17)26(14-28,23(22)25(27)30)20-12-5-3-10-18(20)21/h2-14,21-23H,1H3. The molecule has 0 aromatic heterocycles. The van der Waals surface area contributed by atoms with Gasteiger partial charge in [-0.2, -0.15) is 0 Å². The molecule has 0 radical (unpaired) electrons. The first-order chi connectivity index (χ1) is 14.6. The summed E-state index contributed by atoms with van der Waals surface area (Å²) in [6.45, 7) is 1.93. The van der Waals surface area contributed by atoms with Crippen LogP contribution in [0.4, 0.5) is 5.69 Å². The minimum atomic E-state index is -1.14. The van der Waals surface area contributed by atoms with Crippen molar-refractivity contribution in [3.05, 3.63) is 101 Å². The van der Waals surface area contributed by atoms with Crippen molar-refractivity contribution in [2.45, 2.75) is 18.3 Å². The lowest BCUT2D eigenvalue weighted by molar-refractivity contribution is -0.128. The van der Waals surface area contributed by atoms with Gasteiger partial charge in [-0.3, -0.25) is 9.59 Å². The van der Waals surface area contributed by atoms with Crippen LogP contribution in [0.15, 0.2) is 72.8 Å². The molecule has 4 aliphatic rings. The number of aldehydes is 1. The van der Waals surface area contributed by atoms with Crippen molar-refractivity contribution in [3.63, 3.8) is 0 Å². The number of nitrogens with zero attached hydrogens (tertiary/aromatic N) is 1. The molecule has 4 heteroatoms. The van der Waals surface area contributed by atoms with Crippen molar-refractivity contribution in [1.29, 1.82) is 0 Å². The van der Waals surface area contributed by atoms with E-state index < -0.39 is 17.3 Å². The molecule has 1 heterocycles. The van der Waals surface area contributed by atoms with Crippen LogP contribution < -0.4 is 4.90 Å². The normalized spacial score (nSPS) is 28.2. The lowest BCUT2D eigenvalue weighted by Crippen LogP contribution is -2.54. The molecule has 0 N–H and O–H groups in total. The predicted molar refractivity (Wildman–Crippen MR) is 112 cm³/mol. The fourth-order valence-corrected chi connectivity index (χ4v) is 6.05. The van der Waals surface area contributed by atoms with Crippen molar-refractivity contribution >= 4 is 23.8 Å². The van der Waals surface area contributed by atoms with Crippen molar-refractivity contribution in [2.75, 3.05) is 4.90 Å². The van der Waals surface area contributed by atoms with E-state index in [1.807, 2.05) is 73.7 Å². The van der Waals surface area contributed by atoms with E-state index >= 15 is 0 Å². The fourth-order valence-electron chi connectivity index (χ4n) is 6.05. The van der Waals surface area contributed by atoms with Crippen LogP contribution >= 0.6 is 0 Å². The van der Waals surface area contributed by atoms with Crippen LogP contribution in [-0.2, 0) is 19.8 Å². The summed E-state index contributed by atoms with van der Waals surface area (Å²) in [4.78, 5) is 41.7. The van der Waals surface area contributed by atoms with Crippen LogP contribution in [0.2, 0.25) is 0 Å². The number of carbonyl (C=O) groups excluding carboxylic acids is 3. The first kappa shape index (κ1) is 17.3. The van der Waals surface area contributed by atoms with E-state index in [1.54, 1.807) is 6.07 Å². The smallest absolute Gasteiger partial charge is 0.239 e. The SMILES string of the molecule is Cc1cccc(N2C(=O)C3C4c5ccccc5C(C=O)(c5ccccc54)C3C2=O)c1. The molecule has 0 spiro atoms. The maximum Gasteiger partial charge on any atom is 0.239 e. The van der Waals surface area contributed by atoms with Crippen molar-refractivity contribution < 1.29 is 14.4 Å². The van der Waals surface area contributed by atoms with Gasteiger partial charge in [-0.25, -0.2) is 4.90 Å². The third-order valence-corrected chi connectivity index (χ3v) is 7.13. The molecule has 4 nitrogen and oxygen atoms in total. The van der Waals surface area contributed by atoms with E-state index in [2.05, 4.69) is 0 Å². The number of hydrogen-bond donors (Lipinski definition) is 0. The van der Waals surface area contributed by atoms with Gasteiger partial charge in [-0.15, -0.1) is 0 Å². The van der Waals surface area contributed by atoms with E-state index in [-0.39, 0.29) is 17.7 Å². The summed E-state index contributed by atoms with van der Waals surface area (Å²) in [5, 5.41) is 0. The zero-order valence-electron chi connectivity index (χ0n) is 16.4. The molecule has 30 heavy (non-hydrogen) atoms. The Hall–Kier alpha value is -3.53. The largest absolute Gasteiger partial charge is 0.302 e. The summed E-state index contributed by atoms with van der Waals surface area (Å²) < 4.78 is 0. The number of amides is 2. The molecule has 3 aromatic carbocycles. The molecular formula is C26H19NO3.